The summed E-state index contributed by atoms with van der Waals surface area (Å²) < 4.78 is 14.0. The van der Waals surface area contributed by atoms with Crippen LogP contribution < -0.4 is 5.32 Å². The number of rotatable bonds is 15. The van der Waals surface area contributed by atoms with Crippen LogP contribution in [0, 0.1) is 58.2 Å². The summed E-state index contributed by atoms with van der Waals surface area (Å²) in [7, 11) is 1.95. The van der Waals surface area contributed by atoms with E-state index in [1.807, 2.05) is 27.1 Å². The first-order chi connectivity index (χ1) is 30.8. The number of fused-ring (bicyclic) bond motifs is 6. The molecule has 5 N–H and O–H groups in total. The average Bonchev–Trinajstić information content (AvgIpc) is 3.53. The van der Waals surface area contributed by atoms with Gasteiger partial charge in [-0.1, -0.05) is 58.4 Å². The van der Waals surface area contributed by atoms with Crippen LogP contribution >= 0.6 is 0 Å². The van der Waals surface area contributed by atoms with Crippen molar-refractivity contribution in [1.82, 2.24) is 14.9 Å². The Bertz CT molecular complexity index is 2320. The number of nitrogens with zero attached hydrogens (tertiary/aromatic N) is 1. The molecule has 0 spiro atoms. The molecular weight excluding hydrogens is 815 g/mol. The summed E-state index contributed by atoms with van der Waals surface area (Å²) in [5.41, 5.74) is 6.86. The SMILES string of the molecule is CNCCC1(C)C(=O)C(CCCO)CC2(C)C1CCC1(C)C2C(O)C(Cn2cc(Cc3cc(C)cc(C4CCOCC4)c3)c3[nH]ccc32)C2=C(C(C)CC(O)C3OC3(C)C)C(=O)CC21C. The number of aromatic amines is 1. The smallest absolute Gasteiger partial charge is 0.160 e. The molecule has 4 heterocycles. The zero-order valence-electron chi connectivity index (χ0n) is 40.9. The predicted molar refractivity (Wildman–Crippen MR) is 255 cm³/mol. The van der Waals surface area contributed by atoms with Crippen molar-refractivity contribution in [3.63, 3.8) is 0 Å². The molecule has 10 heteroatoms. The Morgan fingerprint density at radius 1 is 1.05 bits per heavy atom. The average molecular weight is 894 g/mol. The Labute approximate surface area is 387 Å². The van der Waals surface area contributed by atoms with Gasteiger partial charge in [0.05, 0.1) is 28.8 Å². The number of ketones is 2. The van der Waals surface area contributed by atoms with E-state index in [9.17, 15) is 20.1 Å². The Morgan fingerprint density at radius 2 is 1.78 bits per heavy atom. The van der Waals surface area contributed by atoms with E-state index < -0.39 is 33.9 Å². The maximum atomic E-state index is 15.0. The zero-order valence-corrected chi connectivity index (χ0v) is 40.9. The van der Waals surface area contributed by atoms with Crippen LogP contribution in [0.3, 0.4) is 0 Å². The molecule has 4 aliphatic carbocycles. The lowest BCUT2D eigenvalue weighted by atomic mass is 9.33. The number of Topliss-reactive ketones (excluding diaryl/α,β-unsaturated/α-hetero) is 2. The lowest BCUT2D eigenvalue weighted by molar-refractivity contribution is -0.228. The van der Waals surface area contributed by atoms with Crippen molar-refractivity contribution < 1.29 is 34.4 Å². The lowest BCUT2D eigenvalue weighted by Crippen LogP contribution is -2.69. The zero-order chi connectivity index (χ0) is 46.4. The van der Waals surface area contributed by atoms with Crippen LogP contribution in [0.4, 0.5) is 0 Å². The second kappa shape index (κ2) is 17.1. The Kier molecular flexibility index (Phi) is 12.4. The third-order valence-electron chi connectivity index (χ3n) is 19.0. The van der Waals surface area contributed by atoms with Crippen molar-refractivity contribution in [2.45, 2.75) is 162 Å². The van der Waals surface area contributed by atoms with Crippen LogP contribution in [-0.4, -0.2) is 93.8 Å². The molecule has 356 valence electrons. The van der Waals surface area contributed by atoms with E-state index in [0.29, 0.717) is 50.4 Å². The Hall–Kier alpha value is -3.12. The minimum atomic E-state index is -0.793. The number of H-pyrrole nitrogens is 1. The van der Waals surface area contributed by atoms with E-state index in [1.54, 1.807) is 0 Å². The molecule has 0 radical (unpaired) electrons. The first-order valence-corrected chi connectivity index (χ1v) is 25.3. The third-order valence-corrected chi connectivity index (χ3v) is 19.0. The molecule has 5 fully saturated rings. The predicted octanol–water partition coefficient (Wildman–Crippen LogP) is 8.61. The normalized spacial score (nSPS) is 36.7. The highest BCUT2D eigenvalue weighted by Crippen LogP contribution is 2.76. The maximum Gasteiger partial charge on any atom is 0.160 e. The van der Waals surface area contributed by atoms with Gasteiger partial charge in [-0.05, 0) is 161 Å². The van der Waals surface area contributed by atoms with Crippen LogP contribution in [-0.2, 0) is 32.0 Å². The molecule has 0 bridgehead atoms. The molecule has 12 unspecified atom stereocenters. The van der Waals surface area contributed by atoms with E-state index in [4.69, 9.17) is 9.47 Å². The number of allylic oxidation sites excluding steroid dienone is 1. The number of aryl methyl sites for hydroxylation is 1. The minimum Gasteiger partial charge on any atom is -0.396 e. The van der Waals surface area contributed by atoms with Gasteiger partial charge in [-0.25, -0.2) is 0 Å². The van der Waals surface area contributed by atoms with Crippen LogP contribution in [0.2, 0.25) is 0 Å². The molecule has 6 aliphatic rings. The summed E-state index contributed by atoms with van der Waals surface area (Å²) in [5.74, 6) is 0.0226. The third kappa shape index (κ3) is 7.67. The summed E-state index contributed by atoms with van der Waals surface area (Å²) in [5, 5.41) is 38.6. The van der Waals surface area contributed by atoms with Crippen molar-refractivity contribution in [1.29, 1.82) is 0 Å². The van der Waals surface area contributed by atoms with Crippen LogP contribution in [0.25, 0.3) is 11.0 Å². The molecule has 12 atom stereocenters. The first-order valence-electron chi connectivity index (χ1n) is 25.3. The largest absolute Gasteiger partial charge is 0.396 e. The highest BCUT2D eigenvalue weighted by molar-refractivity contribution is 6.01. The summed E-state index contributed by atoms with van der Waals surface area (Å²) in [6.45, 7) is 20.5. The fraction of sp³-hybridized carbons (Fsp3) is 0.709. The maximum absolute atomic E-state index is 15.0. The molecule has 3 aromatic rings. The van der Waals surface area contributed by atoms with E-state index in [2.05, 4.69) is 86.9 Å². The van der Waals surface area contributed by atoms with Gasteiger partial charge >= 0.3 is 0 Å². The molecule has 2 aromatic heterocycles. The Balaban J connectivity index is 1.15. The van der Waals surface area contributed by atoms with Gasteiger partial charge in [0, 0.05) is 74.3 Å². The number of carbonyl (C=O) groups excluding carboxylic acids is 2. The summed E-state index contributed by atoms with van der Waals surface area (Å²) in [4.78, 5) is 33.3. The van der Waals surface area contributed by atoms with Crippen molar-refractivity contribution >= 4 is 22.6 Å². The molecule has 3 saturated carbocycles. The number of aliphatic hydroxyl groups excluding tert-OH is 3. The number of hydrogen-bond donors (Lipinski definition) is 5. The molecule has 0 amide bonds. The number of benzene rings is 1. The first kappa shape index (κ1) is 47.0. The number of nitrogens with one attached hydrogen (secondary N) is 2. The number of hydrogen-bond acceptors (Lipinski definition) is 8. The highest BCUT2D eigenvalue weighted by Gasteiger charge is 2.73. The number of ether oxygens (including phenoxy) is 2. The monoisotopic (exact) mass is 894 g/mol. The van der Waals surface area contributed by atoms with Gasteiger partial charge in [0.2, 0.25) is 0 Å². The second-order valence-corrected chi connectivity index (χ2v) is 23.5. The van der Waals surface area contributed by atoms with Gasteiger partial charge < -0.3 is 39.7 Å². The quantitative estimate of drug-likeness (QED) is 0.0954. The fourth-order valence-electron chi connectivity index (χ4n) is 15.9. The van der Waals surface area contributed by atoms with Crippen LogP contribution in [0.5, 0.6) is 0 Å². The fourth-order valence-corrected chi connectivity index (χ4v) is 15.9. The van der Waals surface area contributed by atoms with Gasteiger partial charge in [-0.3, -0.25) is 9.59 Å². The molecule has 10 nitrogen and oxygen atoms in total. The lowest BCUT2D eigenvalue weighted by Gasteiger charge is -2.71. The highest BCUT2D eigenvalue weighted by atomic mass is 16.6. The topological polar surface area (TPSA) is 149 Å². The number of epoxide rings is 1. The van der Waals surface area contributed by atoms with Crippen molar-refractivity contribution in [3.8, 4) is 0 Å². The van der Waals surface area contributed by atoms with E-state index in [0.717, 1.165) is 80.5 Å². The molecule has 2 aliphatic heterocycles. The van der Waals surface area contributed by atoms with Gasteiger partial charge in [0.15, 0.2) is 5.78 Å². The summed E-state index contributed by atoms with van der Waals surface area (Å²) >= 11 is 0. The van der Waals surface area contributed by atoms with E-state index >= 15 is 4.79 Å². The summed E-state index contributed by atoms with van der Waals surface area (Å²) in [6.07, 6.45) is 10.5. The van der Waals surface area contributed by atoms with E-state index in [-0.39, 0.29) is 53.7 Å². The van der Waals surface area contributed by atoms with Gasteiger partial charge in [-0.2, -0.15) is 0 Å². The van der Waals surface area contributed by atoms with Gasteiger partial charge in [-0.15, -0.1) is 0 Å². The van der Waals surface area contributed by atoms with Crippen molar-refractivity contribution in [2.75, 3.05) is 33.4 Å². The molecular formula is C55H79N3O7. The minimum absolute atomic E-state index is 0.0465. The van der Waals surface area contributed by atoms with Crippen molar-refractivity contribution in [2.24, 2.45) is 51.2 Å². The van der Waals surface area contributed by atoms with Gasteiger partial charge in [0.25, 0.3) is 0 Å². The number of aliphatic hydroxyl groups is 3. The van der Waals surface area contributed by atoms with Gasteiger partial charge in [0.1, 0.15) is 11.9 Å². The molecule has 1 aromatic carbocycles. The van der Waals surface area contributed by atoms with Crippen molar-refractivity contribution in [3.05, 3.63) is 70.1 Å². The molecule has 2 saturated heterocycles. The number of aromatic nitrogens is 2. The van der Waals surface area contributed by atoms with Crippen LogP contribution in [0.15, 0.2) is 47.8 Å². The molecule has 65 heavy (non-hydrogen) atoms. The van der Waals surface area contributed by atoms with E-state index in [1.165, 1.54) is 22.3 Å². The summed E-state index contributed by atoms with van der Waals surface area (Å²) in [6, 6.07) is 9.19. The Morgan fingerprint density at radius 3 is 2.48 bits per heavy atom. The number of carbonyl (C=O) groups is 2. The molecule has 9 rings (SSSR count). The second-order valence-electron chi connectivity index (χ2n) is 23.5. The van der Waals surface area contributed by atoms with Crippen LogP contribution in [0.1, 0.15) is 141 Å². The standard InChI is InChI=1S/C55H79N3O7/c1-32-23-34(26-37(24-32)35-14-21-64-22-15-35)27-38-30-58(40-13-18-57-46(38)40)31-39-45-44(33(2)25-41(60)50-51(3,4)65-50)42(61)29-55(45,8)54(7)16-12-43-52(5,17-19-56-9)49(63)36(11-10-20-59)28-53(43,6)48(54)47(39)62/h13,18,23-24,26,30,33,35-36,39,41,43,47-48,50,56-57,59-60,62H,10-12,14-17,19-22,25,27-29,31H2,1-9H3.